The van der Waals surface area contributed by atoms with E-state index in [-0.39, 0.29) is 11.7 Å². The van der Waals surface area contributed by atoms with E-state index < -0.39 is 0 Å². The van der Waals surface area contributed by atoms with Crippen LogP contribution in [0.1, 0.15) is 78.0 Å². The van der Waals surface area contributed by atoms with Crippen LogP contribution >= 0.6 is 0 Å². The highest BCUT2D eigenvalue weighted by Gasteiger charge is 2.09. The minimum atomic E-state index is 0.0369. The van der Waals surface area contributed by atoms with Crippen LogP contribution < -0.4 is 10.1 Å². The second-order valence-electron chi connectivity index (χ2n) is 6.62. The number of carbonyl (C=O) groups is 1. The van der Waals surface area contributed by atoms with Crippen molar-refractivity contribution < 1.29 is 19.4 Å². The lowest BCUT2D eigenvalue weighted by Crippen LogP contribution is -2.27. The second-order valence-corrected chi connectivity index (χ2v) is 6.62. The third-order valence-corrected chi connectivity index (χ3v) is 4.13. The molecule has 0 saturated heterocycles. The first kappa shape index (κ1) is 32.6. The molecule has 0 radical (unpaired) electrons. The molecule has 0 aliphatic heterocycles. The van der Waals surface area contributed by atoms with E-state index in [0.717, 1.165) is 35.5 Å². The SMILES string of the molecule is CC.CC.CC.CCCOCCNC(=O)CCc1cc(C)c(Oc2ccc(O)cc2)c(C)c1. The lowest BCUT2D eigenvalue weighted by molar-refractivity contribution is -0.121. The quantitative estimate of drug-likeness (QED) is 0.363. The molecular weight excluding hydrogens is 414 g/mol. The van der Waals surface area contributed by atoms with Gasteiger partial charge in [0.1, 0.15) is 17.2 Å². The van der Waals surface area contributed by atoms with Gasteiger partial charge in [0, 0.05) is 19.6 Å². The zero-order valence-corrected chi connectivity index (χ0v) is 22.4. The Balaban J connectivity index is 0. The third-order valence-electron chi connectivity index (χ3n) is 4.13. The summed E-state index contributed by atoms with van der Waals surface area (Å²) < 4.78 is 11.3. The number of phenols is 1. The summed E-state index contributed by atoms with van der Waals surface area (Å²) in [5.74, 6) is 1.73. The number of phenolic OH excluding ortho intramolecular Hbond substituents is 1. The molecule has 1 amide bonds. The Morgan fingerprint density at radius 3 is 1.97 bits per heavy atom. The third kappa shape index (κ3) is 14.3. The summed E-state index contributed by atoms with van der Waals surface area (Å²) in [6, 6.07) is 10.8. The van der Waals surface area contributed by atoms with Crippen molar-refractivity contribution in [2.45, 2.75) is 81.6 Å². The van der Waals surface area contributed by atoms with Crippen LogP contribution in [0.5, 0.6) is 17.2 Å². The molecule has 0 spiro atoms. The molecule has 0 saturated carbocycles. The van der Waals surface area contributed by atoms with Gasteiger partial charge in [-0.05, 0) is 67.6 Å². The van der Waals surface area contributed by atoms with Crippen molar-refractivity contribution in [3.05, 3.63) is 53.1 Å². The van der Waals surface area contributed by atoms with Crippen LogP contribution in [0, 0.1) is 13.8 Å². The molecule has 0 bridgehead atoms. The summed E-state index contributed by atoms with van der Waals surface area (Å²) in [6.07, 6.45) is 2.12. The topological polar surface area (TPSA) is 67.8 Å². The highest BCUT2D eigenvalue weighted by atomic mass is 16.5. The normalized spacial score (nSPS) is 9.24. The summed E-state index contributed by atoms with van der Waals surface area (Å²) in [7, 11) is 0. The fourth-order valence-electron chi connectivity index (χ4n) is 2.83. The number of aryl methyl sites for hydroxylation is 3. The van der Waals surface area contributed by atoms with Gasteiger partial charge in [0.25, 0.3) is 0 Å². The van der Waals surface area contributed by atoms with E-state index >= 15 is 0 Å². The van der Waals surface area contributed by atoms with Crippen molar-refractivity contribution in [3.63, 3.8) is 0 Å². The van der Waals surface area contributed by atoms with E-state index in [1.165, 1.54) is 0 Å². The molecule has 2 rings (SSSR count). The molecular formula is C28H47NO4. The van der Waals surface area contributed by atoms with E-state index in [4.69, 9.17) is 9.47 Å². The van der Waals surface area contributed by atoms with Crippen molar-refractivity contribution in [2.24, 2.45) is 0 Å². The predicted octanol–water partition coefficient (Wildman–Crippen LogP) is 7.36. The van der Waals surface area contributed by atoms with Gasteiger partial charge in [-0.2, -0.15) is 0 Å². The van der Waals surface area contributed by atoms with Crippen LogP contribution in [0.15, 0.2) is 36.4 Å². The Bertz CT molecular complexity index is 719. The monoisotopic (exact) mass is 461 g/mol. The van der Waals surface area contributed by atoms with E-state index in [0.29, 0.717) is 31.7 Å². The molecule has 0 atom stereocenters. The van der Waals surface area contributed by atoms with E-state index in [1.54, 1.807) is 24.3 Å². The summed E-state index contributed by atoms with van der Waals surface area (Å²) in [5, 5.41) is 12.2. The summed E-state index contributed by atoms with van der Waals surface area (Å²) in [4.78, 5) is 11.9. The number of rotatable bonds is 10. The summed E-state index contributed by atoms with van der Waals surface area (Å²) in [6.45, 7) is 19.9. The average Bonchev–Trinajstić information content (AvgIpc) is 2.85. The molecule has 0 aromatic heterocycles. The molecule has 0 unspecified atom stereocenters. The van der Waals surface area contributed by atoms with E-state index in [1.807, 2.05) is 55.4 Å². The van der Waals surface area contributed by atoms with Gasteiger partial charge in [0.05, 0.1) is 6.61 Å². The van der Waals surface area contributed by atoms with Crippen molar-refractivity contribution in [2.75, 3.05) is 19.8 Å². The number of benzene rings is 2. The number of amides is 1. The largest absolute Gasteiger partial charge is 0.508 e. The summed E-state index contributed by atoms with van der Waals surface area (Å²) in [5.41, 5.74) is 3.15. The van der Waals surface area contributed by atoms with Gasteiger partial charge in [-0.15, -0.1) is 0 Å². The maximum atomic E-state index is 11.9. The molecule has 2 aromatic rings. The Hall–Kier alpha value is -2.53. The van der Waals surface area contributed by atoms with E-state index in [2.05, 4.69) is 24.4 Å². The first-order valence-electron chi connectivity index (χ1n) is 12.4. The number of carbonyl (C=O) groups excluding carboxylic acids is 1. The zero-order valence-electron chi connectivity index (χ0n) is 22.4. The maximum Gasteiger partial charge on any atom is 0.220 e. The first-order chi connectivity index (χ1) is 16.0. The van der Waals surface area contributed by atoms with Crippen molar-refractivity contribution in [3.8, 4) is 17.2 Å². The van der Waals surface area contributed by atoms with Crippen LogP contribution in [-0.4, -0.2) is 30.8 Å². The van der Waals surface area contributed by atoms with Crippen LogP contribution in [0.2, 0.25) is 0 Å². The maximum absolute atomic E-state index is 11.9. The number of nitrogens with one attached hydrogen (secondary N) is 1. The van der Waals surface area contributed by atoms with Crippen LogP contribution in [-0.2, 0) is 16.0 Å². The minimum Gasteiger partial charge on any atom is -0.508 e. The number of hydrogen-bond donors (Lipinski definition) is 2. The van der Waals surface area contributed by atoms with Crippen LogP contribution in [0.4, 0.5) is 0 Å². The van der Waals surface area contributed by atoms with Gasteiger partial charge in [-0.3, -0.25) is 4.79 Å². The van der Waals surface area contributed by atoms with Crippen molar-refractivity contribution >= 4 is 5.91 Å². The molecule has 188 valence electrons. The standard InChI is InChI=1S/C22H29NO4.3C2H6/c1-4-12-26-13-11-23-21(25)10-5-18-14-16(2)22(17(3)15-18)27-20-8-6-19(24)7-9-20;3*1-2/h6-9,14-15,24H,4-5,10-13H2,1-3H3,(H,23,25);3*1-2H3. The molecule has 5 nitrogen and oxygen atoms in total. The number of hydrogen-bond acceptors (Lipinski definition) is 4. The number of aromatic hydroxyl groups is 1. The number of ether oxygens (including phenoxy) is 2. The molecule has 2 N–H and O–H groups in total. The van der Waals surface area contributed by atoms with E-state index in [9.17, 15) is 9.90 Å². The molecule has 0 aliphatic carbocycles. The van der Waals surface area contributed by atoms with Crippen molar-refractivity contribution in [1.29, 1.82) is 0 Å². The predicted molar refractivity (Wildman–Crippen MR) is 141 cm³/mol. The fraction of sp³-hybridized carbons (Fsp3) is 0.536. The Labute approximate surface area is 202 Å². The molecule has 0 fully saturated rings. The lowest BCUT2D eigenvalue weighted by atomic mass is 10.0. The first-order valence-corrected chi connectivity index (χ1v) is 12.4. The Kier molecular flexibility index (Phi) is 21.1. The highest BCUT2D eigenvalue weighted by molar-refractivity contribution is 5.76. The lowest BCUT2D eigenvalue weighted by Gasteiger charge is -2.14. The molecule has 33 heavy (non-hydrogen) atoms. The Morgan fingerprint density at radius 2 is 1.45 bits per heavy atom. The highest BCUT2D eigenvalue weighted by Crippen LogP contribution is 2.31. The smallest absolute Gasteiger partial charge is 0.220 e. The van der Waals surface area contributed by atoms with Crippen LogP contribution in [0.3, 0.4) is 0 Å². The van der Waals surface area contributed by atoms with Gasteiger partial charge in [-0.25, -0.2) is 0 Å². The molecule has 5 heteroatoms. The molecule has 0 aliphatic rings. The van der Waals surface area contributed by atoms with Gasteiger partial charge in [0.2, 0.25) is 5.91 Å². The van der Waals surface area contributed by atoms with Gasteiger partial charge < -0.3 is 19.9 Å². The van der Waals surface area contributed by atoms with Crippen LogP contribution in [0.25, 0.3) is 0 Å². The van der Waals surface area contributed by atoms with Gasteiger partial charge in [-0.1, -0.05) is 60.6 Å². The minimum absolute atomic E-state index is 0.0369. The molecule has 0 heterocycles. The van der Waals surface area contributed by atoms with Gasteiger partial charge in [0.15, 0.2) is 0 Å². The molecule has 2 aromatic carbocycles. The van der Waals surface area contributed by atoms with Crippen molar-refractivity contribution in [1.82, 2.24) is 5.32 Å². The second kappa shape index (κ2) is 21.3. The average molecular weight is 462 g/mol. The van der Waals surface area contributed by atoms with Gasteiger partial charge >= 0.3 is 0 Å². The Morgan fingerprint density at radius 1 is 0.909 bits per heavy atom. The summed E-state index contributed by atoms with van der Waals surface area (Å²) >= 11 is 0. The zero-order chi connectivity index (χ0) is 25.6. The fourth-order valence-corrected chi connectivity index (χ4v) is 2.83.